The van der Waals surface area contributed by atoms with E-state index >= 15 is 0 Å². The van der Waals surface area contributed by atoms with Gasteiger partial charge in [0.1, 0.15) is 5.69 Å². The molecule has 0 aliphatic rings. The predicted octanol–water partition coefficient (Wildman–Crippen LogP) is 3.96. The van der Waals surface area contributed by atoms with Gasteiger partial charge in [-0.15, -0.1) is 0 Å². The zero-order valence-corrected chi connectivity index (χ0v) is 15.9. The van der Waals surface area contributed by atoms with Crippen LogP contribution in [0.1, 0.15) is 54.4 Å². The molecule has 0 aliphatic heterocycles. The molecule has 0 saturated carbocycles. The Kier molecular flexibility index (Phi) is 8.23. The van der Waals surface area contributed by atoms with E-state index in [9.17, 15) is 13.6 Å². The molecule has 2 rings (SSSR count). The number of nitrogens with zero attached hydrogens (tertiary/aromatic N) is 2. The van der Waals surface area contributed by atoms with Crippen LogP contribution in [0.2, 0.25) is 0 Å². The first-order valence-corrected chi connectivity index (χ1v) is 9.34. The third kappa shape index (κ3) is 6.05. The smallest absolute Gasteiger partial charge is 0.269 e. The molecule has 0 saturated heterocycles. The van der Waals surface area contributed by atoms with Crippen molar-refractivity contribution in [2.75, 3.05) is 13.3 Å². The normalized spacial score (nSPS) is 10.8. The van der Waals surface area contributed by atoms with Gasteiger partial charge in [0.25, 0.3) is 5.91 Å². The van der Waals surface area contributed by atoms with Crippen LogP contribution in [-0.2, 0) is 20.0 Å². The van der Waals surface area contributed by atoms with Crippen LogP contribution < -0.4 is 10.1 Å². The van der Waals surface area contributed by atoms with Crippen molar-refractivity contribution in [1.29, 1.82) is 0 Å². The first-order valence-electron chi connectivity index (χ1n) is 9.34. The monoisotopic (exact) mass is 379 g/mol. The Bertz CT molecular complexity index is 747. The van der Waals surface area contributed by atoms with Crippen LogP contribution >= 0.6 is 0 Å². The van der Waals surface area contributed by atoms with Crippen LogP contribution in [0.15, 0.2) is 24.3 Å². The molecule has 0 bridgehead atoms. The van der Waals surface area contributed by atoms with E-state index in [1.54, 1.807) is 31.3 Å². The molecular formula is C20H27F2N3O2. The average Bonchev–Trinajstić information content (AvgIpc) is 3.05. The number of halogens is 2. The number of amides is 1. The van der Waals surface area contributed by atoms with Crippen LogP contribution in [-0.4, -0.2) is 29.0 Å². The van der Waals surface area contributed by atoms with Gasteiger partial charge in [-0.3, -0.25) is 13.9 Å². The predicted molar refractivity (Wildman–Crippen MR) is 100 cm³/mol. The topological polar surface area (TPSA) is 56.1 Å². The summed E-state index contributed by atoms with van der Waals surface area (Å²) in [5, 5.41) is 6.96. The molecule has 0 fully saturated rings. The minimum atomic E-state index is -0.471. The van der Waals surface area contributed by atoms with Gasteiger partial charge in [0, 0.05) is 19.2 Å². The summed E-state index contributed by atoms with van der Waals surface area (Å²) in [6.07, 6.45) is 3.71. The molecule has 1 N–H and O–H groups in total. The van der Waals surface area contributed by atoms with Gasteiger partial charge >= 0.3 is 0 Å². The molecule has 0 radical (unpaired) electrons. The Morgan fingerprint density at radius 3 is 2.74 bits per heavy atom. The van der Waals surface area contributed by atoms with Crippen molar-refractivity contribution < 1.29 is 18.3 Å². The van der Waals surface area contributed by atoms with Crippen molar-refractivity contribution >= 4 is 5.91 Å². The molecule has 27 heavy (non-hydrogen) atoms. The number of aryl methyl sites for hydroxylation is 2. The number of hydrogen-bond donors (Lipinski definition) is 1. The maximum Gasteiger partial charge on any atom is 0.269 e. The lowest BCUT2D eigenvalue weighted by molar-refractivity contribution is 0.0941. The van der Waals surface area contributed by atoms with Crippen molar-refractivity contribution in [2.45, 2.75) is 45.6 Å². The molecule has 0 unspecified atom stereocenters. The average molecular weight is 379 g/mol. The number of benzene rings is 1. The highest BCUT2D eigenvalue weighted by Crippen LogP contribution is 2.21. The van der Waals surface area contributed by atoms with E-state index < -0.39 is 5.82 Å². The quantitative estimate of drug-likeness (QED) is 0.601. The van der Waals surface area contributed by atoms with Gasteiger partial charge in [-0.25, -0.2) is 4.39 Å². The highest BCUT2D eigenvalue weighted by atomic mass is 19.1. The molecule has 1 amide bonds. The summed E-state index contributed by atoms with van der Waals surface area (Å²) in [4.78, 5) is 12.3. The Balaban J connectivity index is 1.89. The molecule has 148 valence electrons. The summed E-state index contributed by atoms with van der Waals surface area (Å²) in [7, 11) is 1.71. The Labute approximate surface area is 158 Å². The highest BCUT2D eigenvalue weighted by Gasteiger charge is 2.14. The zero-order valence-electron chi connectivity index (χ0n) is 15.9. The van der Waals surface area contributed by atoms with E-state index in [0.29, 0.717) is 24.3 Å². The summed E-state index contributed by atoms with van der Waals surface area (Å²) in [6.45, 7) is 2.10. The lowest BCUT2D eigenvalue weighted by atomic mass is 10.2. The number of carbonyl (C=O) groups excluding carboxylic acids is 1. The third-order valence-corrected chi connectivity index (χ3v) is 4.29. The summed E-state index contributed by atoms with van der Waals surface area (Å²) in [5.41, 5.74) is 1.62. The van der Waals surface area contributed by atoms with Crippen LogP contribution in [0.25, 0.3) is 0 Å². The molecule has 1 heterocycles. The maximum absolute atomic E-state index is 14.5. The number of rotatable bonds is 11. The van der Waals surface area contributed by atoms with E-state index in [1.165, 1.54) is 4.68 Å². The maximum atomic E-state index is 14.5. The van der Waals surface area contributed by atoms with E-state index in [1.807, 2.05) is 6.92 Å². The van der Waals surface area contributed by atoms with Crippen LogP contribution in [0.5, 0.6) is 5.75 Å². The SMILES string of the molecule is CCc1cc(C(=O)NCc2cccc(OCCCCCCF)c2F)n(C)n1. The first kappa shape index (κ1) is 20.9. The Hall–Kier alpha value is -2.44. The summed E-state index contributed by atoms with van der Waals surface area (Å²) in [5.74, 6) is -0.606. The fraction of sp³-hybridized carbons (Fsp3) is 0.500. The lowest BCUT2D eigenvalue weighted by Gasteiger charge is -2.11. The zero-order chi connectivity index (χ0) is 19.6. The van der Waals surface area contributed by atoms with Gasteiger partial charge in [0.15, 0.2) is 11.6 Å². The number of carbonyl (C=O) groups is 1. The second-order valence-electron chi connectivity index (χ2n) is 6.36. The third-order valence-electron chi connectivity index (χ3n) is 4.29. The standard InChI is InChI=1S/C20H27F2N3O2/c1-3-16-13-17(25(2)24-16)20(26)23-14-15-9-8-10-18(19(15)22)27-12-7-5-4-6-11-21/h8-10,13H,3-7,11-12,14H2,1-2H3,(H,23,26). The fourth-order valence-electron chi connectivity index (χ4n) is 2.71. The lowest BCUT2D eigenvalue weighted by Crippen LogP contribution is -2.25. The number of ether oxygens (including phenoxy) is 1. The van der Waals surface area contributed by atoms with Crippen molar-refractivity contribution in [1.82, 2.24) is 15.1 Å². The van der Waals surface area contributed by atoms with Gasteiger partial charge in [-0.05, 0) is 37.8 Å². The second-order valence-corrected chi connectivity index (χ2v) is 6.36. The van der Waals surface area contributed by atoms with Crippen molar-refractivity contribution in [2.24, 2.45) is 7.05 Å². The highest BCUT2D eigenvalue weighted by molar-refractivity contribution is 5.92. The summed E-state index contributed by atoms with van der Waals surface area (Å²) < 4.78 is 33.6. The van der Waals surface area contributed by atoms with E-state index in [2.05, 4.69) is 10.4 Å². The van der Waals surface area contributed by atoms with E-state index in [-0.39, 0.29) is 24.9 Å². The fourth-order valence-corrected chi connectivity index (χ4v) is 2.71. The second kappa shape index (κ2) is 10.6. The Morgan fingerprint density at radius 1 is 1.26 bits per heavy atom. The Morgan fingerprint density at radius 2 is 2.04 bits per heavy atom. The van der Waals surface area contributed by atoms with Gasteiger partial charge in [-0.1, -0.05) is 25.5 Å². The summed E-state index contributed by atoms with van der Waals surface area (Å²) >= 11 is 0. The van der Waals surface area contributed by atoms with Crippen LogP contribution in [0.4, 0.5) is 8.78 Å². The van der Waals surface area contributed by atoms with Gasteiger partial charge < -0.3 is 10.1 Å². The van der Waals surface area contributed by atoms with Gasteiger partial charge in [0.05, 0.1) is 19.0 Å². The molecule has 5 nitrogen and oxygen atoms in total. The minimum Gasteiger partial charge on any atom is -0.491 e. The van der Waals surface area contributed by atoms with Crippen LogP contribution in [0.3, 0.4) is 0 Å². The van der Waals surface area contributed by atoms with Gasteiger partial charge in [-0.2, -0.15) is 5.10 Å². The molecule has 2 aromatic rings. The van der Waals surface area contributed by atoms with E-state index in [4.69, 9.17) is 4.74 Å². The number of hydrogen-bond acceptors (Lipinski definition) is 3. The number of nitrogens with one attached hydrogen (secondary N) is 1. The molecule has 7 heteroatoms. The van der Waals surface area contributed by atoms with E-state index in [0.717, 1.165) is 31.4 Å². The molecular weight excluding hydrogens is 352 g/mol. The number of aromatic nitrogens is 2. The minimum absolute atomic E-state index is 0.0605. The molecule has 1 aromatic heterocycles. The van der Waals surface area contributed by atoms with Crippen molar-refractivity contribution in [3.05, 3.63) is 47.0 Å². The van der Waals surface area contributed by atoms with Crippen molar-refractivity contribution in [3.8, 4) is 5.75 Å². The van der Waals surface area contributed by atoms with Crippen molar-refractivity contribution in [3.63, 3.8) is 0 Å². The molecule has 1 aromatic carbocycles. The van der Waals surface area contributed by atoms with Crippen LogP contribution in [0, 0.1) is 5.82 Å². The first-order chi connectivity index (χ1) is 13.1. The summed E-state index contributed by atoms with van der Waals surface area (Å²) in [6, 6.07) is 6.61. The molecule has 0 atom stereocenters. The largest absolute Gasteiger partial charge is 0.491 e. The molecule has 0 aliphatic carbocycles. The molecule has 0 spiro atoms. The number of alkyl halides is 1. The number of unbranched alkanes of at least 4 members (excludes halogenated alkanes) is 3. The van der Waals surface area contributed by atoms with Gasteiger partial charge in [0.2, 0.25) is 0 Å².